The Kier molecular flexibility index (Phi) is 5.63. The number of aromatic amines is 2. The number of fused-ring (bicyclic) bond motifs is 1. The van der Waals surface area contributed by atoms with Crippen LogP contribution in [0.3, 0.4) is 0 Å². The van der Waals surface area contributed by atoms with E-state index in [4.69, 9.17) is 9.97 Å². The zero-order valence-corrected chi connectivity index (χ0v) is 18.5. The molecule has 0 aliphatic rings. The van der Waals surface area contributed by atoms with E-state index in [2.05, 4.69) is 60.2 Å². The summed E-state index contributed by atoms with van der Waals surface area (Å²) >= 11 is 0. The van der Waals surface area contributed by atoms with Gasteiger partial charge in [0.25, 0.3) is 5.56 Å². The Labute approximate surface area is 181 Å². The lowest BCUT2D eigenvalue weighted by Crippen LogP contribution is -2.12. The highest BCUT2D eigenvalue weighted by atomic mass is 16.1. The molecular formula is C23H29N7O. The van der Waals surface area contributed by atoms with Crippen LogP contribution in [0.25, 0.3) is 17.0 Å². The van der Waals surface area contributed by atoms with E-state index in [-0.39, 0.29) is 11.0 Å². The first-order chi connectivity index (χ1) is 14.9. The normalized spacial score (nSPS) is 11.9. The van der Waals surface area contributed by atoms with Gasteiger partial charge in [-0.25, -0.2) is 14.5 Å². The third-order valence-electron chi connectivity index (χ3n) is 5.35. The number of H-pyrrole nitrogens is 2. The van der Waals surface area contributed by atoms with Gasteiger partial charge in [0.15, 0.2) is 11.5 Å². The van der Waals surface area contributed by atoms with Crippen molar-refractivity contribution >= 4 is 11.6 Å². The minimum Gasteiger partial charge on any atom is -0.354 e. The predicted octanol–water partition coefficient (Wildman–Crippen LogP) is 3.91. The summed E-state index contributed by atoms with van der Waals surface area (Å²) < 4.78 is 1.65. The zero-order valence-electron chi connectivity index (χ0n) is 18.5. The fourth-order valence-electron chi connectivity index (χ4n) is 3.48. The van der Waals surface area contributed by atoms with Crippen molar-refractivity contribution < 1.29 is 0 Å². The molecule has 3 heterocycles. The van der Waals surface area contributed by atoms with Crippen LogP contribution in [-0.4, -0.2) is 36.1 Å². The molecule has 0 bridgehead atoms. The largest absolute Gasteiger partial charge is 0.354 e. The number of unbranched alkanes of at least 4 members (excludes halogenated alkanes) is 1. The van der Waals surface area contributed by atoms with Crippen LogP contribution in [0.2, 0.25) is 0 Å². The average Bonchev–Trinajstić information content (AvgIpc) is 3.36. The third-order valence-corrected chi connectivity index (χ3v) is 5.35. The van der Waals surface area contributed by atoms with Gasteiger partial charge in [0.05, 0.1) is 11.9 Å². The van der Waals surface area contributed by atoms with E-state index in [0.29, 0.717) is 29.4 Å². The Morgan fingerprint density at radius 3 is 2.55 bits per heavy atom. The number of hydrogen-bond donors (Lipinski definition) is 3. The summed E-state index contributed by atoms with van der Waals surface area (Å²) in [5.41, 5.74) is 4.06. The lowest BCUT2D eigenvalue weighted by molar-refractivity contribution is 0.590. The lowest BCUT2D eigenvalue weighted by Gasteiger charge is -2.19. The van der Waals surface area contributed by atoms with Crippen molar-refractivity contribution in [3.8, 4) is 11.4 Å². The van der Waals surface area contributed by atoms with Crippen LogP contribution in [0.4, 0.5) is 5.95 Å². The number of hydrogen-bond acceptors (Lipinski definition) is 5. The number of nitrogens with one attached hydrogen (secondary N) is 3. The summed E-state index contributed by atoms with van der Waals surface area (Å²) in [6.45, 7) is 9.47. The average molecular weight is 420 g/mol. The number of nitrogens with zero attached hydrogens (tertiary/aromatic N) is 4. The van der Waals surface area contributed by atoms with Gasteiger partial charge in [0.1, 0.15) is 0 Å². The molecule has 0 amide bonds. The van der Waals surface area contributed by atoms with Crippen LogP contribution < -0.4 is 10.9 Å². The summed E-state index contributed by atoms with van der Waals surface area (Å²) in [6.07, 6.45) is 5.82. The summed E-state index contributed by atoms with van der Waals surface area (Å²) in [5.74, 6) is 1.17. The fourth-order valence-corrected chi connectivity index (χ4v) is 3.48. The van der Waals surface area contributed by atoms with Crippen molar-refractivity contribution in [2.75, 3.05) is 11.9 Å². The number of benzene rings is 1. The Hall–Kier alpha value is -3.42. The van der Waals surface area contributed by atoms with Gasteiger partial charge in [0.2, 0.25) is 5.95 Å². The highest BCUT2D eigenvalue weighted by molar-refractivity contribution is 5.63. The van der Waals surface area contributed by atoms with Crippen molar-refractivity contribution in [3.05, 3.63) is 64.0 Å². The second-order valence-electron chi connectivity index (χ2n) is 8.81. The number of imidazole rings is 1. The van der Waals surface area contributed by atoms with Crippen LogP contribution in [-0.2, 0) is 11.8 Å². The first-order valence-electron chi connectivity index (χ1n) is 10.7. The van der Waals surface area contributed by atoms with Crippen LogP contribution in [0.1, 0.15) is 57.4 Å². The van der Waals surface area contributed by atoms with E-state index in [9.17, 15) is 4.79 Å². The summed E-state index contributed by atoms with van der Waals surface area (Å²) in [7, 11) is 0. The molecule has 1 aromatic carbocycles. The molecule has 162 valence electrons. The maximum absolute atomic E-state index is 12.7. The zero-order chi connectivity index (χ0) is 22.0. The van der Waals surface area contributed by atoms with Gasteiger partial charge in [-0.15, -0.1) is 0 Å². The van der Waals surface area contributed by atoms with Gasteiger partial charge in [-0.1, -0.05) is 58.4 Å². The highest BCUT2D eigenvalue weighted by Crippen LogP contribution is 2.26. The second kappa shape index (κ2) is 8.37. The molecule has 3 aromatic heterocycles. The number of aromatic nitrogens is 6. The first kappa shape index (κ1) is 20.8. The van der Waals surface area contributed by atoms with Crippen molar-refractivity contribution in [2.24, 2.45) is 0 Å². The van der Waals surface area contributed by atoms with E-state index in [1.165, 1.54) is 5.56 Å². The smallest absolute Gasteiger partial charge is 0.270 e. The molecule has 31 heavy (non-hydrogen) atoms. The third kappa shape index (κ3) is 4.38. The minimum absolute atomic E-state index is 0.0708. The molecule has 0 fully saturated rings. The molecule has 8 heteroatoms. The van der Waals surface area contributed by atoms with Crippen molar-refractivity contribution in [3.63, 3.8) is 0 Å². The van der Waals surface area contributed by atoms with Gasteiger partial charge in [0, 0.05) is 30.4 Å². The van der Waals surface area contributed by atoms with Gasteiger partial charge in [-0.2, -0.15) is 4.98 Å². The van der Waals surface area contributed by atoms with Gasteiger partial charge >= 0.3 is 0 Å². The Balaban J connectivity index is 1.82. The topological polar surface area (TPSA) is 104 Å². The fraction of sp³-hybridized carbons (Fsp3) is 0.391. The molecule has 0 spiro atoms. The van der Waals surface area contributed by atoms with Crippen molar-refractivity contribution in [1.29, 1.82) is 0 Å². The predicted molar refractivity (Wildman–Crippen MR) is 123 cm³/mol. The highest BCUT2D eigenvalue weighted by Gasteiger charge is 2.18. The van der Waals surface area contributed by atoms with E-state index < -0.39 is 0 Å². The molecule has 0 aliphatic heterocycles. The number of anilines is 1. The maximum Gasteiger partial charge on any atom is 0.270 e. The molecule has 8 nitrogen and oxygen atoms in total. The second-order valence-corrected chi connectivity index (χ2v) is 8.81. The molecule has 4 rings (SSSR count). The van der Waals surface area contributed by atoms with Gasteiger partial charge in [-0.3, -0.25) is 9.89 Å². The van der Waals surface area contributed by atoms with Crippen LogP contribution in [0.15, 0.2) is 41.6 Å². The van der Waals surface area contributed by atoms with E-state index >= 15 is 0 Å². The minimum atomic E-state index is -0.178. The standard InChI is InChI=1S/C23H29N7O/c1-5-6-11-25-22-28-19(15-7-9-16(10-8-15)23(2,3)4)27-20-18(21(31)29-30(20)22)12-17-13-24-14-26-17/h7-10,13-14H,5-6,11-12H2,1-4H3,(H,24,26)(H,29,31)(H,25,27,28). The first-order valence-corrected chi connectivity index (χ1v) is 10.7. The molecule has 4 aromatic rings. The van der Waals surface area contributed by atoms with Crippen LogP contribution in [0.5, 0.6) is 0 Å². The molecule has 0 atom stereocenters. The van der Waals surface area contributed by atoms with Crippen molar-refractivity contribution in [1.82, 2.24) is 29.5 Å². The van der Waals surface area contributed by atoms with Gasteiger partial charge in [-0.05, 0) is 17.4 Å². The summed E-state index contributed by atoms with van der Waals surface area (Å²) in [5, 5.41) is 6.24. The lowest BCUT2D eigenvalue weighted by atomic mass is 9.87. The Morgan fingerprint density at radius 2 is 1.90 bits per heavy atom. The van der Waals surface area contributed by atoms with E-state index in [0.717, 1.165) is 30.6 Å². The van der Waals surface area contributed by atoms with Crippen LogP contribution >= 0.6 is 0 Å². The molecule has 3 N–H and O–H groups in total. The number of rotatable bonds is 7. The molecule has 0 saturated carbocycles. The Bertz CT molecular complexity index is 1210. The molecular weight excluding hydrogens is 390 g/mol. The van der Waals surface area contributed by atoms with Crippen molar-refractivity contribution in [2.45, 2.75) is 52.4 Å². The molecule has 0 saturated heterocycles. The van der Waals surface area contributed by atoms with Gasteiger partial charge < -0.3 is 10.3 Å². The summed E-state index contributed by atoms with van der Waals surface area (Å²) in [4.78, 5) is 29.4. The quantitative estimate of drug-likeness (QED) is 0.394. The maximum atomic E-state index is 12.7. The molecule has 0 radical (unpaired) electrons. The Morgan fingerprint density at radius 1 is 1.13 bits per heavy atom. The molecule has 0 unspecified atom stereocenters. The van der Waals surface area contributed by atoms with E-state index in [1.54, 1.807) is 17.0 Å². The summed E-state index contributed by atoms with van der Waals surface area (Å²) in [6, 6.07) is 8.31. The van der Waals surface area contributed by atoms with Crippen LogP contribution in [0, 0.1) is 0 Å². The SMILES string of the molecule is CCCCNc1nc(-c2ccc(C(C)(C)C)cc2)nc2c(Cc3cnc[nH]3)c(=O)[nH]n12. The van der Waals surface area contributed by atoms with E-state index in [1.807, 2.05) is 12.1 Å². The monoisotopic (exact) mass is 419 g/mol. The molecule has 0 aliphatic carbocycles.